The van der Waals surface area contributed by atoms with Crippen LogP contribution in [0.15, 0.2) is 53.4 Å². The van der Waals surface area contributed by atoms with Gasteiger partial charge in [-0.1, -0.05) is 32.0 Å². The molecule has 0 fully saturated rings. The molecule has 0 aliphatic rings. The second kappa shape index (κ2) is 7.80. The van der Waals surface area contributed by atoms with Crippen LogP contribution < -0.4 is 10.0 Å². The lowest BCUT2D eigenvalue weighted by molar-refractivity contribution is 0.102. The van der Waals surface area contributed by atoms with Crippen LogP contribution in [0.2, 0.25) is 0 Å². The first-order valence-corrected chi connectivity index (χ1v) is 9.71. The summed E-state index contributed by atoms with van der Waals surface area (Å²) in [7, 11) is -3.63. The summed E-state index contributed by atoms with van der Waals surface area (Å²) in [5, 5.41) is 2.79. The van der Waals surface area contributed by atoms with Crippen LogP contribution in [0.3, 0.4) is 0 Å². The normalized spacial score (nSPS) is 11.8. The highest BCUT2D eigenvalue weighted by atomic mass is 32.2. The first-order valence-electron chi connectivity index (χ1n) is 8.23. The Morgan fingerprint density at radius 3 is 2.16 bits per heavy atom. The summed E-state index contributed by atoms with van der Waals surface area (Å²) in [6, 6.07) is 13.4. The van der Waals surface area contributed by atoms with Crippen molar-refractivity contribution in [1.29, 1.82) is 0 Å². The molecule has 0 spiro atoms. The Morgan fingerprint density at radius 2 is 1.60 bits per heavy atom. The van der Waals surface area contributed by atoms with Crippen LogP contribution in [0.5, 0.6) is 0 Å². The number of benzene rings is 2. The van der Waals surface area contributed by atoms with Crippen LogP contribution in [0, 0.1) is 0 Å². The smallest absolute Gasteiger partial charge is 0.255 e. The third kappa shape index (κ3) is 5.14. The van der Waals surface area contributed by atoms with Gasteiger partial charge in [0.15, 0.2) is 0 Å². The van der Waals surface area contributed by atoms with E-state index in [2.05, 4.69) is 23.9 Å². The Bertz CT molecular complexity index is 841. The highest BCUT2D eigenvalue weighted by Crippen LogP contribution is 2.18. The molecule has 2 N–H and O–H groups in total. The minimum absolute atomic E-state index is 0.0732. The first-order chi connectivity index (χ1) is 11.7. The molecule has 134 valence electrons. The van der Waals surface area contributed by atoms with E-state index in [1.165, 1.54) is 17.7 Å². The van der Waals surface area contributed by atoms with Crippen molar-refractivity contribution in [2.75, 3.05) is 5.32 Å². The molecule has 2 rings (SSSR count). The third-order valence-electron chi connectivity index (χ3n) is 3.63. The van der Waals surface area contributed by atoms with Gasteiger partial charge in [0.1, 0.15) is 0 Å². The van der Waals surface area contributed by atoms with Crippen molar-refractivity contribution in [2.24, 2.45) is 0 Å². The minimum Gasteiger partial charge on any atom is -0.322 e. The molecular formula is C19H24N2O3S. The van der Waals surface area contributed by atoms with E-state index in [1.807, 2.05) is 24.3 Å². The zero-order chi connectivity index (χ0) is 18.6. The van der Waals surface area contributed by atoms with Crippen molar-refractivity contribution in [3.05, 3.63) is 59.7 Å². The molecule has 2 aromatic carbocycles. The van der Waals surface area contributed by atoms with E-state index in [0.717, 1.165) is 0 Å². The van der Waals surface area contributed by atoms with E-state index in [9.17, 15) is 13.2 Å². The summed E-state index contributed by atoms with van der Waals surface area (Å²) < 4.78 is 27.0. The molecule has 6 heteroatoms. The molecule has 0 aromatic heterocycles. The number of nitrogens with one attached hydrogen (secondary N) is 2. The predicted octanol–water partition coefficient (Wildman–Crippen LogP) is 3.75. The highest BCUT2D eigenvalue weighted by molar-refractivity contribution is 7.89. The molecular weight excluding hydrogens is 336 g/mol. The van der Waals surface area contributed by atoms with Crippen LogP contribution in [0.1, 0.15) is 49.5 Å². The molecule has 0 atom stereocenters. The van der Waals surface area contributed by atoms with Crippen molar-refractivity contribution in [1.82, 2.24) is 4.72 Å². The number of carbonyl (C=O) groups excluding carboxylic acids is 1. The largest absolute Gasteiger partial charge is 0.322 e. The Labute approximate surface area is 149 Å². The van der Waals surface area contributed by atoms with E-state index >= 15 is 0 Å². The van der Waals surface area contributed by atoms with E-state index in [4.69, 9.17) is 0 Å². The molecule has 0 aliphatic heterocycles. The van der Waals surface area contributed by atoms with E-state index in [-0.39, 0.29) is 16.8 Å². The van der Waals surface area contributed by atoms with Gasteiger partial charge in [-0.25, -0.2) is 13.1 Å². The maximum absolute atomic E-state index is 12.4. The summed E-state index contributed by atoms with van der Waals surface area (Å²) in [6.45, 7) is 7.69. The third-order valence-corrected chi connectivity index (χ3v) is 5.29. The average Bonchev–Trinajstić information content (AvgIpc) is 2.54. The first kappa shape index (κ1) is 19.1. The molecule has 5 nitrogen and oxygen atoms in total. The molecule has 0 bridgehead atoms. The number of hydrogen-bond donors (Lipinski definition) is 2. The zero-order valence-electron chi connectivity index (χ0n) is 14.9. The number of carbonyl (C=O) groups is 1. The summed E-state index contributed by atoms with van der Waals surface area (Å²) in [6.07, 6.45) is 0. The Kier molecular flexibility index (Phi) is 5.98. The molecule has 0 aliphatic carbocycles. The molecule has 0 unspecified atom stereocenters. The van der Waals surface area contributed by atoms with Crippen LogP contribution in [0.4, 0.5) is 5.69 Å². The Morgan fingerprint density at radius 1 is 0.960 bits per heavy atom. The van der Waals surface area contributed by atoms with Gasteiger partial charge in [-0.2, -0.15) is 0 Å². The lowest BCUT2D eigenvalue weighted by Crippen LogP contribution is -2.30. The van der Waals surface area contributed by atoms with Crippen LogP contribution in [-0.2, 0) is 10.0 Å². The van der Waals surface area contributed by atoms with Crippen molar-refractivity contribution < 1.29 is 13.2 Å². The van der Waals surface area contributed by atoms with Gasteiger partial charge in [-0.3, -0.25) is 4.79 Å². The van der Waals surface area contributed by atoms with Crippen molar-refractivity contribution in [3.8, 4) is 0 Å². The second-order valence-corrected chi connectivity index (χ2v) is 8.25. The van der Waals surface area contributed by atoms with E-state index in [0.29, 0.717) is 17.2 Å². The van der Waals surface area contributed by atoms with E-state index < -0.39 is 10.0 Å². The van der Waals surface area contributed by atoms with Gasteiger partial charge >= 0.3 is 0 Å². The van der Waals surface area contributed by atoms with Crippen LogP contribution in [0.25, 0.3) is 0 Å². The lowest BCUT2D eigenvalue weighted by Gasteiger charge is -2.11. The van der Waals surface area contributed by atoms with Crippen molar-refractivity contribution >= 4 is 21.6 Å². The summed E-state index contributed by atoms with van der Waals surface area (Å²) in [5.41, 5.74) is 2.15. The zero-order valence-corrected chi connectivity index (χ0v) is 15.7. The monoisotopic (exact) mass is 360 g/mol. The highest BCUT2D eigenvalue weighted by Gasteiger charge is 2.17. The van der Waals surface area contributed by atoms with Gasteiger partial charge in [0.2, 0.25) is 10.0 Å². The standard InChI is InChI=1S/C19H24N2O3S/c1-13(2)15-8-10-17(11-9-15)20-19(22)16-6-5-7-18(12-16)25(23,24)21-14(3)4/h5-14,21H,1-4H3,(H,20,22). The summed E-state index contributed by atoms with van der Waals surface area (Å²) >= 11 is 0. The van der Waals surface area contributed by atoms with Gasteiger partial charge in [-0.05, 0) is 55.7 Å². The Balaban J connectivity index is 2.18. The molecule has 25 heavy (non-hydrogen) atoms. The van der Waals surface area contributed by atoms with Crippen molar-refractivity contribution in [2.45, 2.75) is 44.6 Å². The number of amides is 1. The van der Waals surface area contributed by atoms with E-state index in [1.54, 1.807) is 26.0 Å². The minimum atomic E-state index is -3.63. The number of rotatable bonds is 6. The molecule has 0 radical (unpaired) electrons. The predicted molar refractivity (Wildman–Crippen MR) is 100 cm³/mol. The average molecular weight is 360 g/mol. The molecule has 0 saturated heterocycles. The fourth-order valence-electron chi connectivity index (χ4n) is 2.34. The fourth-order valence-corrected chi connectivity index (χ4v) is 3.63. The topological polar surface area (TPSA) is 75.3 Å². The van der Waals surface area contributed by atoms with Gasteiger partial charge in [0, 0.05) is 17.3 Å². The molecule has 0 saturated carbocycles. The molecule has 0 heterocycles. The van der Waals surface area contributed by atoms with Gasteiger partial charge in [0.05, 0.1) is 4.90 Å². The number of anilines is 1. The quantitative estimate of drug-likeness (QED) is 0.824. The summed E-state index contributed by atoms with van der Waals surface area (Å²) in [5.74, 6) is 0.0685. The fraction of sp³-hybridized carbons (Fsp3) is 0.316. The van der Waals surface area contributed by atoms with Gasteiger partial charge in [0.25, 0.3) is 5.91 Å². The second-order valence-electron chi connectivity index (χ2n) is 6.53. The maximum Gasteiger partial charge on any atom is 0.255 e. The van der Waals surface area contributed by atoms with Gasteiger partial charge < -0.3 is 5.32 Å². The van der Waals surface area contributed by atoms with Gasteiger partial charge in [-0.15, -0.1) is 0 Å². The van der Waals surface area contributed by atoms with Crippen LogP contribution in [-0.4, -0.2) is 20.4 Å². The number of sulfonamides is 1. The number of hydrogen-bond acceptors (Lipinski definition) is 3. The molecule has 2 aromatic rings. The Hall–Kier alpha value is -2.18. The maximum atomic E-state index is 12.4. The lowest BCUT2D eigenvalue weighted by atomic mass is 10.0. The molecule has 1 amide bonds. The van der Waals surface area contributed by atoms with Crippen molar-refractivity contribution in [3.63, 3.8) is 0 Å². The SMILES string of the molecule is CC(C)NS(=O)(=O)c1cccc(C(=O)Nc2ccc(C(C)C)cc2)c1. The van der Waals surface area contributed by atoms with Crippen LogP contribution >= 0.6 is 0 Å². The summed E-state index contributed by atoms with van der Waals surface area (Å²) in [4.78, 5) is 12.5.